The SMILES string of the molecule is CC(C)C(=O)COCCOCCNC(=O)COCCOCCNC(C)(C)C. The lowest BCUT2D eigenvalue weighted by Gasteiger charge is -2.20. The summed E-state index contributed by atoms with van der Waals surface area (Å²) in [7, 11) is 0. The van der Waals surface area contributed by atoms with E-state index in [4.69, 9.17) is 18.9 Å². The first kappa shape index (κ1) is 25.9. The van der Waals surface area contributed by atoms with Crippen LogP contribution in [0.25, 0.3) is 0 Å². The topological polar surface area (TPSA) is 95.1 Å². The van der Waals surface area contributed by atoms with Crippen molar-refractivity contribution in [2.45, 2.75) is 40.2 Å². The van der Waals surface area contributed by atoms with Crippen molar-refractivity contribution in [3.05, 3.63) is 0 Å². The zero-order valence-electron chi connectivity index (χ0n) is 17.6. The van der Waals surface area contributed by atoms with Gasteiger partial charge in [0.25, 0.3) is 0 Å². The Balaban J connectivity index is 3.30. The molecule has 1 amide bonds. The fourth-order valence-corrected chi connectivity index (χ4v) is 1.76. The number of hydrogen-bond donors (Lipinski definition) is 2. The molecule has 0 aliphatic rings. The molecule has 0 bridgehead atoms. The molecule has 0 radical (unpaired) electrons. The summed E-state index contributed by atoms with van der Waals surface area (Å²) in [4.78, 5) is 22.9. The summed E-state index contributed by atoms with van der Waals surface area (Å²) in [6.45, 7) is 13.9. The van der Waals surface area contributed by atoms with Gasteiger partial charge in [0.15, 0.2) is 5.78 Å². The van der Waals surface area contributed by atoms with Gasteiger partial charge in [-0.2, -0.15) is 0 Å². The van der Waals surface area contributed by atoms with E-state index in [0.29, 0.717) is 46.2 Å². The largest absolute Gasteiger partial charge is 0.378 e. The summed E-state index contributed by atoms with van der Waals surface area (Å²) in [6.07, 6.45) is 0. The average Bonchev–Trinajstić information content (AvgIpc) is 2.58. The fraction of sp³-hybridized carbons (Fsp3) is 0.895. The Hall–Kier alpha value is -1.06. The minimum atomic E-state index is -0.188. The van der Waals surface area contributed by atoms with Crippen molar-refractivity contribution < 1.29 is 28.5 Å². The van der Waals surface area contributed by atoms with Gasteiger partial charge in [0, 0.05) is 24.5 Å². The van der Waals surface area contributed by atoms with Gasteiger partial charge in [-0.15, -0.1) is 0 Å². The highest BCUT2D eigenvalue weighted by atomic mass is 16.5. The van der Waals surface area contributed by atoms with Gasteiger partial charge in [-0.25, -0.2) is 0 Å². The van der Waals surface area contributed by atoms with E-state index in [9.17, 15) is 9.59 Å². The molecule has 0 fully saturated rings. The Morgan fingerprint density at radius 3 is 1.85 bits per heavy atom. The average molecular weight is 391 g/mol. The lowest BCUT2D eigenvalue weighted by atomic mass is 10.1. The molecule has 0 aromatic carbocycles. The molecule has 160 valence electrons. The minimum absolute atomic E-state index is 0.00399. The first-order valence-electron chi connectivity index (χ1n) is 9.58. The second kappa shape index (κ2) is 15.9. The van der Waals surface area contributed by atoms with E-state index in [1.807, 2.05) is 13.8 Å². The van der Waals surface area contributed by atoms with E-state index < -0.39 is 0 Å². The summed E-state index contributed by atoms with van der Waals surface area (Å²) in [6, 6.07) is 0. The lowest BCUT2D eigenvalue weighted by molar-refractivity contribution is -0.128. The molecule has 8 heteroatoms. The zero-order chi connectivity index (χ0) is 20.5. The molecular weight excluding hydrogens is 352 g/mol. The Bertz CT molecular complexity index is 396. The number of nitrogens with one attached hydrogen (secondary N) is 2. The van der Waals surface area contributed by atoms with Gasteiger partial charge < -0.3 is 29.6 Å². The molecule has 0 aromatic heterocycles. The van der Waals surface area contributed by atoms with E-state index >= 15 is 0 Å². The van der Waals surface area contributed by atoms with Crippen LogP contribution in [0.5, 0.6) is 0 Å². The van der Waals surface area contributed by atoms with Gasteiger partial charge in [-0.05, 0) is 20.8 Å². The number of carbonyl (C=O) groups is 2. The van der Waals surface area contributed by atoms with Crippen LogP contribution in [0, 0.1) is 5.92 Å². The molecule has 0 saturated heterocycles. The molecule has 0 aromatic rings. The number of hydrogen-bond acceptors (Lipinski definition) is 7. The van der Waals surface area contributed by atoms with Crippen LogP contribution < -0.4 is 10.6 Å². The van der Waals surface area contributed by atoms with E-state index in [-0.39, 0.29) is 36.4 Å². The molecule has 0 saturated carbocycles. The number of carbonyl (C=O) groups excluding carboxylic acids is 2. The second-order valence-corrected chi connectivity index (χ2v) is 7.48. The van der Waals surface area contributed by atoms with Crippen LogP contribution in [-0.4, -0.2) is 83.2 Å². The van der Waals surface area contributed by atoms with Gasteiger partial charge in [0.1, 0.15) is 13.2 Å². The monoisotopic (exact) mass is 390 g/mol. The van der Waals surface area contributed by atoms with Crippen LogP contribution in [-0.2, 0) is 28.5 Å². The van der Waals surface area contributed by atoms with Gasteiger partial charge in [0.05, 0.1) is 39.6 Å². The Kier molecular flexibility index (Phi) is 15.3. The van der Waals surface area contributed by atoms with Crippen molar-refractivity contribution in [1.82, 2.24) is 10.6 Å². The Morgan fingerprint density at radius 2 is 1.30 bits per heavy atom. The minimum Gasteiger partial charge on any atom is -0.378 e. The molecule has 0 spiro atoms. The van der Waals surface area contributed by atoms with E-state index in [1.54, 1.807) is 0 Å². The van der Waals surface area contributed by atoms with Crippen molar-refractivity contribution >= 4 is 11.7 Å². The van der Waals surface area contributed by atoms with Crippen molar-refractivity contribution in [1.29, 1.82) is 0 Å². The number of rotatable bonds is 17. The van der Waals surface area contributed by atoms with Gasteiger partial charge in [-0.3, -0.25) is 9.59 Å². The van der Waals surface area contributed by atoms with Crippen LogP contribution in [0.2, 0.25) is 0 Å². The highest BCUT2D eigenvalue weighted by Gasteiger charge is 2.07. The number of ether oxygens (including phenoxy) is 4. The summed E-state index contributed by atoms with van der Waals surface area (Å²) in [5.74, 6) is -0.124. The van der Waals surface area contributed by atoms with Crippen LogP contribution in [0.15, 0.2) is 0 Å². The van der Waals surface area contributed by atoms with E-state index in [0.717, 1.165) is 6.54 Å². The standard InChI is InChI=1S/C19H38N2O6/c1-16(2)17(22)14-26-12-10-24-8-6-20-18(23)15-27-13-11-25-9-7-21-19(3,4)5/h16,21H,6-15H2,1-5H3,(H,20,23). The van der Waals surface area contributed by atoms with E-state index in [1.165, 1.54) is 0 Å². The molecule has 0 aliphatic heterocycles. The van der Waals surface area contributed by atoms with E-state index in [2.05, 4.69) is 31.4 Å². The highest BCUT2D eigenvalue weighted by molar-refractivity contribution is 5.81. The maximum atomic E-state index is 11.6. The molecule has 0 atom stereocenters. The normalized spacial score (nSPS) is 11.8. The van der Waals surface area contributed by atoms with Crippen molar-refractivity contribution in [3.8, 4) is 0 Å². The molecule has 0 unspecified atom stereocenters. The van der Waals surface area contributed by atoms with Gasteiger partial charge in [0.2, 0.25) is 5.91 Å². The molecule has 27 heavy (non-hydrogen) atoms. The third kappa shape index (κ3) is 19.5. The predicted octanol–water partition coefficient (Wildman–Crippen LogP) is 0.782. The summed E-state index contributed by atoms with van der Waals surface area (Å²) < 4.78 is 21.2. The molecule has 0 aliphatic carbocycles. The lowest BCUT2D eigenvalue weighted by Crippen LogP contribution is -2.38. The second-order valence-electron chi connectivity index (χ2n) is 7.48. The first-order valence-corrected chi connectivity index (χ1v) is 9.58. The predicted molar refractivity (Wildman–Crippen MR) is 104 cm³/mol. The quantitative estimate of drug-likeness (QED) is 0.354. The first-order chi connectivity index (χ1) is 12.7. The van der Waals surface area contributed by atoms with Crippen LogP contribution >= 0.6 is 0 Å². The smallest absolute Gasteiger partial charge is 0.246 e. The maximum absolute atomic E-state index is 11.6. The number of ketones is 1. The summed E-state index contributed by atoms with van der Waals surface area (Å²) in [5.41, 5.74) is 0.0848. The van der Waals surface area contributed by atoms with Crippen molar-refractivity contribution in [3.63, 3.8) is 0 Å². The molecule has 8 nitrogen and oxygen atoms in total. The number of amides is 1. The zero-order valence-corrected chi connectivity index (χ0v) is 17.6. The highest BCUT2D eigenvalue weighted by Crippen LogP contribution is 1.96. The Morgan fingerprint density at radius 1 is 0.778 bits per heavy atom. The fourth-order valence-electron chi connectivity index (χ4n) is 1.76. The third-order valence-corrected chi connectivity index (χ3v) is 3.34. The van der Waals surface area contributed by atoms with Gasteiger partial charge in [-0.1, -0.05) is 13.8 Å². The van der Waals surface area contributed by atoms with Crippen LogP contribution in [0.4, 0.5) is 0 Å². The third-order valence-electron chi connectivity index (χ3n) is 3.34. The molecule has 0 rings (SSSR count). The summed E-state index contributed by atoms with van der Waals surface area (Å²) >= 11 is 0. The summed E-state index contributed by atoms with van der Waals surface area (Å²) in [5, 5.41) is 6.02. The molecule has 2 N–H and O–H groups in total. The molecule has 0 heterocycles. The van der Waals surface area contributed by atoms with Crippen molar-refractivity contribution in [2.24, 2.45) is 5.92 Å². The number of Topliss-reactive ketones (excluding diaryl/α,β-unsaturated/α-hetero) is 1. The van der Waals surface area contributed by atoms with Crippen LogP contribution in [0.3, 0.4) is 0 Å². The Labute approximate surface area is 163 Å². The van der Waals surface area contributed by atoms with Crippen molar-refractivity contribution in [2.75, 3.05) is 65.9 Å². The van der Waals surface area contributed by atoms with Gasteiger partial charge >= 0.3 is 0 Å². The van der Waals surface area contributed by atoms with Crippen LogP contribution in [0.1, 0.15) is 34.6 Å². The maximum Gasteiger partial charge on any atom is 0.246 e. The molecular formula is C19H38N2O6.